The van der Waals surface area contributed by atoms with Gasteiger partial charge in [-0.05, 0) is 48.9 Å². The van der Waals surface area contributed by atoms with Crippen LogP contribution in [0.5, 0.6) is 11.5 Å². The van der Waals surface area contributed by atoms with Crippen LogP contribution in [0, 0.1) is 0 Å². The van der Waals surface area contributed by atoms with Crippen molar-refractivity contribution in [2.45, 2.75) is 25.2 Å². The molecule has 0 fully saturated rings. The zero-order valence-corrected chi connectivity index (χ0v) is 18.8. The monoisotopic (exact) mass is 479 g/mol. The molecule has 29 heavy (non-hydrogen) atoms. The van der Waals surface area contributed by atoms with Crippen LogP contribution in [0.1, 0.15) is 19.4 Å². The van der Waals surface area contributed by atoms with Crippen LogP contribution in [0.2, 0.25) is 10.0 Å². The van der Waals surface area contributed by atoms with Crippen LogP contribution in [0.4, 0.5) is 0 Å². The Morgan fingerprint density at radius 2 is 1.69 bits per heavy atom. The number of sulfonamides is 1. The van der Waals surface area contributed by atoms with Gasteiger partial charge < -0.3 is 4.74 Å². The topological polar surface area (TPSA) is 107 Å². The van der Waals surface area contributed by atoms with Gasteiger partial charge in [-0.2, -0.15) is 0 Å². The maximum absolute atomic E-state index is 11.9. The third-order valence-corrected chi connectivity index (χ3v) is 7.36. The smallest absolute Gasteiger partial charge is 0.237 e. The van der Waals surface area contributed by atoms with Gasteiger partial charge >= 0.3 is 0 Å². The molecule has 0 aliphatic carbocycles. The standard InChI is InChI=1S/C18H19Cl2NO6S2/c1-3-28(23,24)15-5-6-17(16(20)11-15)27-14-8-12(7-13(19)10-14)9-18(22)21-29(25,26)4-2/h5-8,10-11H,3-4,9H2,1-2H3,(H,21,22). The first-order chi connectivity index (χ1) is 13.5. The Morgan fingerprint density at radius 3 is 2.28 bits per heavy atom. The number of rotatable bonds is 8. The first-order valence-corrected chi connectivity index (χ1v) is 12.5. The second-order valence-electron chi connectivity index (χ2n) is 6.00. The molecule has 0 unspecified atom stereocenters. The van der Waals surface area contributed by atoms with Crippen LogP contribution in [0.25, 0.3) is 0 Å². The van der Waals surface area contributed by atoms with Crippen molar-refractivity contribution in [1.29, 1.82) is 0 Å². The van der Waals surface area contributed by atoms with E-state index >= 15 is 0 Å². The summed E-state index contributed by atoms with van der Waals surface area (Å²) < 4.78 is 54.5. The summed E-state index contributed by atoms with van der Waals surface area (Å²) >= 11 is 12.2. The Labute approximate surface area is 179 Å². The van der Waals surface area contributed by atoms with E-state index in [-0.39, 0.29) is 44.4 Å². The molecule has 0 saturated carbocycles. The van der Waals surface area contributed by atoms with Gasteiger partial charge in [0.25, 0.3) is 0 Å². The summed E-state index contributed by atoms with van der Waals surface area (Å²) in [5.74, 6) is -0.520. The highest BCUT2D eigenvalue weighted by Gasteiger charge is 2.16. The lowest BCUT2D eigenvalue weighted by Gasteiger charge is -2.11. The number of benzene rings is 2. The molecule has 0 radical (unpaired) electrons. The maximum atomic E-state index is 11.9. The summed E-state index contributed by atoms with van der Waals surface area (Å²) in [5, 5.41) is 0.359. The molecule has 2 aromatic carbocycles. The molecule has 0 heterocycles. The molecular weight excluding hydrogens is 461 g/mol. The van der Waals surface area contributed by atoms with Crippen LogP contribution in [0.3, 0.4) is 0 Å². The summed E-state index contributed by atoms with van der Waals surface area (Å²) in [7, 11) is -7.07. The van der Waals surface area contributed by atoms with E-state index in [4.69, 9.17) is 27.9 Å². The normalized spacial score (nSPS) is 11.9. The number of carbonyl (C=O) groups excluding carboxylic acids is 1. The molecule has 2 aromatic rings. The fourth-order valence-corrected chi connectivity index (χ4v) is 4.30. The molecule has 1 N–H and O–H groups in total. The molecule has 7 nitrogen and oxygen atoms in total. The zero-order valence-electron chi connectivity index (χ0n) is 15.6. The van der Waals surface area contributed by atoms with Gasteiger partial charge in [0.2, 0.25) is 15.9 Å². The van der Waals surface area contributed by atoms with Crippen molar-refractivity contribution in [1.82, 2.24) is 4.72 Å². The molecule has 2 rings (SSSR count). The zero-order chi connectivity index (χ0) is 21.8. The highest BCUT2D eigenvalue weighted by molar-refractivity contribution is 7.91. The van der Waals surface area contributed by atoms with Gasteiger partial charge in [0.05, 0.1) is 27.8 Å². The number of carbonyl (C=O) groups is 1. The molecule has 11 heteroatoms. The van der Waals surface area contributed by atoms with Gasteiger partial charge in [0.1, 0.15) is 11.5 Å². The highest BCUT2D eigenvalue weighted by Crippen LogP contribution is 2.33. The van der Waals surface area contributed by atoms with E-state index in [9.17, 15) is 21.6 Å². The second-order valence-corrected chi connectivity index (χ2v) is 11.1. The molecule has 0 aliphatic heterocycles. The van der Waals surface area contributed by atoms with Crippen LogP contribution >= 0.6 is 23.2 Å². The predicted octanol–water partition coefficient (Wildman–Crippen LogP) is 3.59. The maximum Gasteiger partial charge on any atom is 0.237 e. The van der Waals surface area contributed by atoms with Crippen molar-refractivity contribution in [3.63, 3.8) is 0 Å². The molecule has 0 aromatic heterocycles. The first-order valence-electron chi connectivity index (χ1n) is 8.48. The van der Waals surface area contributed by atoms with Gasteiger partial charge in [-0.25, -0.2) is 16.8 Å². The van der Waals surface area contributed by atoms with Crippen molar-refractivity contribution in [3.05, 3.63) is 52.0 Å². The molecule has 0 atom stereocenters. The lowest BCUT2D eigenvalue weighted by Crippen LogP contribution is -2.32. The van der Waals surface area contributed by atoms with E-state index < -0.39 is 25.8 Å². The van der Waals surface area contributed by atoms with Crippen molar-refractivity contribution in [3.8, 4) is 11.5 Å². The van der Waals surface area contributed by atoms with Crippen LogP contribution in [0.15, 0.2) is 41.3 Å². The van der Waals surface area contributed by atoms with Gasteiger partial charge in [0.15, 0.2) is 9.84 Å². The fraction of sp³-hybridized carbons (Fsp3) is 0.278. The van der Waals surface area contributed by atoms with E-state index in [1.165, 1.54) is 50.2 Å². The SMILES string of the molecule is CCS(=O)(=O)NC(=O)Cc1cc(Cl)cc(Oc2ccc(S(=O)(=O)CC)cc2Cl)c1. The number of sulfone groups is 1. The average molecular weight is 480 g/mol. The summed E-state index contributed by atoms with van der Waals surface area (Å²) in [6.07, 6.45) is -0.225. The minimum absolute atomic E-state index is 0.0585. The molecule has 1 amide bonds. The van der Waals surface area contributed by atoms with Crippen LogP contribution < -0.4 is 9.46 Å². The van der Waals surface area contributed by atoms with Crippen molar-refractivity contribution in [2.75, 3.05) is 11.5 Å². The Hall–Kier alpha value is -1.81. The van der Waals surface area contributed by atoms with E-state index in [0.29, 0.717) is 5.56 Å². The van der Waals surface area contributed by atoms with Gasteiger partial charge in [-0.3, -0.25) is 9.52 Å². The second kappa shape index (κ2) is 9.34. The number of halogens is 2. The Morgan fingerprint density at radius 1 is 1.00 bits per heavy atom. The summed E-state index contributed by atoms with van der Waals surface area (Å²) in [6, 6.07) is 8.60. The lowest BCUT2D eigenvalue weighted by molar-refractivity contribution is -0.118. The number of amides is 1. The number of nitrogens with one attached hydrogen (secondary N) is 1. The van der Waals surface area contributed by atoms with E-state index in [2.05, 4.69) is 0 Å². The highest BCUT2D eigenvalue weighted by atomic mass is 35.5. The van der Waals surface area contributed by atoms with Crippen LogP contribution in [-0.4, -0.2) is 34.2 Å². The summed E-state index contributed by atoms with van der Waals surface area (Å²) in [4.78, 5) is 12.0. The first kappa shape index (κ1) is 23.5. The molecule has 158 valence electrons. The molecule has 0 bridgehead atoms. The van der Waals surface area contributed by atoms with Crippen molar-refractivity contribution in [2.24, 2.45) is 0 Å². The Balaban J connectivity index is 2.23. The van der Waals surface area contributed by atoms with Gasteiger partial charge in [-0.1, -0.05) is 30.1 Å². The minimum Gasteiger partial charge on any atom is -0.456 e. The molecule has 0 spiro atoms. The third-order valence-electron chi connectivity index (χ3n) is 3.82. The Bertz CT molecular complexity index is 1130. The van der Waals surface area contributed by atoms with Gasteiger partial charge in [0, 0.05) is 5.02 Å². The average Bonchev–Trinajstić information content (AvgIpc) is 2.62. The van der Waals surface area contributed by atoms with E-state index in [0.717, 1.165) is 0 Å². The minimum atomic E-state index is -3.66. The summed E-state index contributed by atoms with van der Waals surface area (Å²) in [6.45, 7) is 2.95. The number of hydrogen-bond acceptors (Lipinski definition) is 6. The predicted molar refractivity (Wildman–Crippen MR) is 112 cm³/mol. The van der Waals surface area contributed by atoms with E-state index in [1.54, 1.807) is 0 Å². The van der Waals surface area contributed by atoms with E-state index in [1.807, 2.05) is 4.72 Å². The molecule has 0 aliphatic rings. The largest absolute Gasteiger partial charge is 0.456 e. The molecular formula is C18H19Cl2NO6S2. The van der Waals surface area contributed by atoms with Gasteiger partial charge in [-0.15, -0.1) is 0 Å². The lowest BCUT2D eigenvalue weighted by atomic mass is 10.1. The quantitative estimate of drug-likeness (QED) is 0.619. The fourth-order valence-electron chi connectivity index (χ4n) is 2.30. The van der Waals surface area contributed by atoms with Crippen molar-refractivity contribution >= 4 is 49.0 Å². The van der Waals surface area contributed by atoms with Crippen molar-refractivity contribution < 1.29 is 26.4 Å². The molecule has 0 saturated heterocycles. The Kier molecular flexibility index (Phi) is 7.56. The number of hydrogen-bond donors (Lipinski definition) is 1. The third kappa shape index (κ3) is 6.60. The summed E-state index contributed by atoms with van der Waals surface area (Å²) in [5.41, 5.74) is 0.428. The number of ether oxygens (including phenoxy) is 1. The van der Waals surface area contributed by atoms with Crippen LogP contribution in [-0.2, 0) is 31.1 Å².